The van der Waals surface area contributed by atoms with Gasteiger partial charge in [0.25, 0.3) is 11.8 Å². The Morgan fingerprint density at radius 1 is 1.10 bits per heavy atom. The first kappa shape index (κ1) is 20.3. The number of amides is 3. The molecule has 1 saturated heterocycles. The third kappa shape index (κ3) is 3.99. The van der Waals surface area contributed by atoms with Gasteiger partial charge in [-0.05, 0) is 53.4 Å². The maximum Gasteiger partial charge on any atom is 0.264 e. The van der Waals surface area contributed by atoms with Crippen LogP contribution in [0.5, 0.6) is 0 Å². The van der Waals surface area contributed by atoms with Gasteiger partial charge in [0.1, 0.15) is 11.9 Å². The Morgan fingerprint density at radius 3 is 2.43 bits per heavy atom. The number of thiophene rings is 1. The number of carbonyl (C=O) groups is 3. The first-order valence-corrected chi connectivity index (χ1v) is 10.4. The molecule has 3 amide bonds. The number of benzene rings is 2. The standard InChI is InChI=1S/C22H16ClFN2O3S/c23-15-5-9-17(10-6-15)26-20(27)12-18(21(26)28)25(22(29)19-2-1-11-30-19)13-14-3-7-16(24)8-4-14/h1-11,18H,12-13H2. The number of anilines is 1. The van der Waals surface area contributed by atoms with Gasteiger partial charge in [0.2, 0.25) is 5.91 Å². The van der Waals surface area contributed by atoms with Crippen LogP contribution in [0.2, 0.25) is 5.02 Å². The van der Waals surface area contributed by atoms with Crippen molar-refractivity contribution in [3.05, 3.63) is 87.3 Å². The van der Waals surface area contributed by atoms with E-state index in [1.165, 1.54) is 28.4 Å². The molecule has 0 bridgehead atoms. The summed E-state index contributed by atoms with van der Waals surface area (Å²) in [5.74, 6) is -1.61. The molecule has 30 heavy (non-hydrogen) atoms. The van der Waals surface area contributed by atoms with E-state index in [4.69, 9.17) is 11.6 Å². The van der Waals surface area contributed by atoms with Gasteiger partial charge in [0.15, 0.2) is 0 Å². The Balaban J connectivity index is 1.66. The molecule has 0 saturated carbocycles. The Kier molecular flexibility index (Phi) is 5.65. The molecule has 1 unspecified atom stereocenters. The first-order valence-electron chi connectivity index (χ1n) is 9.15. The second-order valence-corrected chi connectivity index (χ2v) is 8.18. The predicted molar refractivity (Wildman–Crippen MR) is 113 cm³/mol. The number of rotatable bonds is 5. The maximum atomic E-state index is 13.3. The summed E-state index contributed by atoms with van der Waals surface area (Å²) in [6, 6.07) is 14.5. The average Bonchev–Trinajstić information content (AvgIpc) is 3.37. The van der Waals surface area contributed by atoms with Crippen LogP contribution in [0.25, 0.3) is 0 Å². The van der Waals surface area contributed by atoms with Gasteiger partial charge in [-0.3, -0.25) is 14.4 Å². The fraction of sp³-hybridized carbons (Fsp3) is 0.136. The highest BCUT2D eigenvalue weighted by Crippen LogP contribution is 2.29. The minimum atomic E-state index is -0.951. The Hall–Kier alpha value is -3.03. The van der Waals surface area contributed by atoms with Gasteiger partial charge in [-0.1, -0.05) is 29.8 Å². The van der Waals surface area contributed by atoms with Crippen LogP contribution in [0.1, 0.15) is 21.7 Å². The van der Waals surface area contributed by atoms with E-state index in [2.05, 4.69) is 0 Å². The van der Waals surface area contributed by atoms with Crippen LogP contribution in [-0.4, -0.2) is 28.7 Å². The zero-order chi connectivity index (χ0) is 21.3. The minimum Gasteiger partial charge on any atom is -0.321 e. The lowest BCUT2D eigenvalue weighted by molar-refractivity contribution is -0.122. The Bertz CT molecular complexity index is 1080. The molecule has 1 atom stereocenters. The van der Waals surface area contributed by atoms with Crippen LogP contribution in [0.3, 0.4) is 0 Å². The lowest BCUT2D eigenvalue weighted by Crippen LogP contribution is -2.44. The van der Waals surface area contributed by atoms with Crippen molar-refractivity contribution >= 4 is 46.3 Å². The smallest absolute Gasteiger partial charge is 0.264 e. The van der Waals surface area contributed by atoms with Crippen LogP contribution < -0.4 is 4.90 Å². The van der Waals surface area contributed by atoms with Crippen molar-refractivity contribution in [1.82, 2.24) is 4.90 Å². The quantitative estimate of drug-likeness (QED) is 0.546. The molecule has 3 aromatic rings. The van der Waals surface area contributed by atoms with Crippen LogP contribution in [-0.2, 0) is 16.1 Å². The summed E-state index contributed by atoms with van der Waals surface area (Å²) < 4.78 is 13.3. The van der Waals surface area contributed by atoms with Gasteiger partial charge in [-0.15, -0.1) is 11.3 Å². The van der Waals surface area contributed by atoms with Crippen molar-refractivity contribution in [2.45, 2.75) is 19.0 Å². The van der Waals surface area contributed by atoms with E-state index in [1.54, 1.807) is 53.9 Å². The molecule has 2 heterocycles. The molecule has 0 spiro atoms. The van der Waals surface area contributed by atoms with Crippen molar-refractivity contribution in [3.63, 3.8) is 0 Å². The number of nitrogens with zero attached hydrogens (tertiary/aromatic N) is 2. The lowest BCUT2D eigenvalue weighted by atomic mass is 10.1. The summed E-state index contributed by atoms with van der Waals surface area (Å²) in [6.45, 7) is 0.0785. The van der Waals surface area contributed by atoms with E-state index in [0.717, 1.165) is 4.90 Å². The van der Waals surface area contributed by atoms with Crippen LogP contribution in [0.15, 0.2) is 66.0 Å². The second kappa shape index (κ2) is 8.38. The number of hydrogen-bond donors (Lipinski definition) is 0. The molecule has 152 valence electrons. The van der Waals surface area contributed by atoms with Crippen molar-refractivity contribution in [2.24, 2.45) is 0 Å². The molecule has 2 aromatic carbocycles. The summed E-state index contributed by atoms with van der Waals surface area (Å²) in [6.07, 6.45) is -0.125. The normalized spacial score (nSPS) is 16.2. The molecule has 1 aromatic heterocycles. The summed E-state index contributed by atoms with van der Waals surface area (Å²) >= 11 is 7.16. The monoisotopic (exact) mass is 442 g/mol. The zero-order valence-corrected chi connectivity index (χ0v) is 17.2. The highest BCUT2D eigenvalue weighted by atomic mass is 35.5. The lowest BCUT2D eigenvalue weighted by Gasteiger charge is -2.27. The van der Waals surface area contributed by atoms with E-state index in [-0.39, 0.29) is 18.9 Å². The van der Waals surface area contributed by atoms with Gasteiger partial charge in [0, 0.05) is 11.6 Å². The highest BCUT2D eigenvalue weighted by molar-refractivity contribution is 7.12. The predicted octanol–water partition coefficient (Wildman–Crippen LogP) is 4.52. The fourth-order valence-corrected chi connectivity index (χ4v) is 4.18. The number of hydrogen-bond acceptors (Lipinski definition) is 4. The van der Waals surface area contributed by atoms with E-state index >= 15 is 0 Å². The van der Waals surface area contributed by atoms with Crippen LogP contribution in [0, 0.1) is 5.82 Å². The minimum absolute atomic E-state index is 0.0785. The molecule has 4 rings (SSSR count). The molecule has 0 radical (unpaired) electrons. The van der Waals surface area contributed by atoms with Crippen LogP contribution in [0.4, 0.5) is 10.1 Å². The molecule has 5 nitrogen and oxygen atoms in total. The molecule has 1 aliphatic rings. The van der Waals surface area contributed by atoms with Gasteiger partial charge in [-0.2, -0.15) is 0 Å². The second-order valence-electron chi connectivity index (χ2n) is 6.80. The third-order valence-electron chi connectivity index (χ3n) is 4.84. The largest absolute Gasteiger partial charge is 0.321 e. The number of carbonyl (C=O) groups excluding carboxylic acids is 3. The van der Waals surface area contributed by atoms with Gasteiger partial charge in [-0.25, -0.2) is 9.29 Å². The van der Waals surface area contributed by atoms with E-state index in [1.807, 2.05) is 0 Å². The summed E-state index contributed by atoms with van der Waals surface area (Å²) in [5, 5.41) is 2.26. The Morgan fingerprint density at radius 2 is 1.80 bits per heavy atom. The maximum absolute atomic E-state index is 13.3. The molecule has 0 N–H and O–H groups in total. The van der Waals surface area contributed by atoms with Gasteiger partial charge < -0.3 is 4.90 Å². The van der Waals surface area contributed by atoms with Crippen molar-refractivity contribution in [3.8, 4) is 0 Å². The SMILES string of the molecule is O=C1CC(N(Cc2ccc(F)cc2)C(=O)c2cccs2)C(=O)N1c1ccc(Cl)cc1. The molecule has 1 fully saturated rings. The van der Waals surface area contributed by atoms with Gasteiger partial charge >= 0.3 is 0 Å². The van der Waals surface area contributed by atoms with Crippen molar-refractivity contribution in [2.75, 3.05) is 4.90 Å². The van der Waals surface area contributed by atoms with Crippen molar-refractivity contribution in [1.29, 1.82) is 0 Å². The first-order chi connectivity index (χ1) is 14.4. The Labute approximate surface area is 181 Å². The number of halogens is 2. The zero-order valence-electron chi connectivity index (χ0n) is 15.6. The highest BCUT2D eigenvalue weighted by Gasteiger charge is 2.44. The summed E-state index contributed by atoms with van der Waals surface area (Å²) in [7, 11) is 0. The van der Waals surface area contributed by atoms with Crippen LogP contribution >= 0.6 is 22.9 Å². The molecule has 0 aliphatic carbocycles. The molecular formula is C22H16ClFN2O3S. The van der Waals surface area contributed by atoms with Gasteiger partial charge in [0.05, 0.1) is 17.0 Å². The van der Waals surface area contributed by atoms with E-state index in [0.29, 0.717) is 21.2 Å². The number of imide groups is 1. The van der Waals surface area contributed by atoms with E-state index < -0.39 is 23.7 Å². The van der Waals surface area contributed by atoms with Crippen molar-refractivity contribution < 1.29 is 18.8 Å². The topological polar surface area (TPSA) is 57.7 Å². The average molecular weight is 443 g/mol. The molecule has 1 aliphatic heterocycles. The summed E-state index contributed by atoms with van der Waals surface area (Å²) in [4.78, 5) is 42.0. The van der Waals surface area contributed by atoms with E-state index in [9.17, 15) is 18.8 Å². The molecule has 8 heteroatoms. The summed E-state index contributed by atoms with van der Waals surface area (Å²) in [5.41, 5.74) is 1.06. The fourth-order valence-electron chi connectivity index (χ4n) is 3.37. The third-order valence-corrected chi connectivity index (χ3v) is 5.95. The molecular weight excluding hydrogens is 427 g/mol.